The summed E-state index contributed by atoms with van der Waals surface area (Å²) in [6.45, 7) is 0.475. The first-order chi connectivity index (χ1) is 8.96. The zero-order valence-corrected chi connectivity index (χ0v) is 10.8. The Morgan fingerprint density at radius 2 is 1.84 bits per heavy atom. The Morgan fingerprint density at radius 1 is 1.21 bits per heavy atom. The van der Waals surface area contributed by atoms with Gasteiger partial charge in [0, 0.05) is 13.0 Å². The quantitative estimate of drug-likeness (QED) is 0.729. The van der Waals surface area contributed by atoms with Crippen molar-refractivity contribution in [3.05, 3.63) is 0 Å². The first-order valence-electron chi connectivity index (χ1n) is 6.72. The average molecular weight is 269 g/mol. The molecule has 0 unspecified atom stereocenters. The van der Waals surface area contributed by atoms with Gasteiger partial charge in [-0.05, 0) is 19.3 Å². The van der Waals surface area contributed by atoms with E-state index in [1.54, 1.807) is 0 Å². The summed E-state index contributed by atoms with van der Waals surface area (Å²) < 4.78 is 0. The lowest BCUT2D eigenvalue weighted by Gasteiger charge is -2.52. The molecule has 0 aromatic carbocycles. The minimum atomic E-state index is -1.11. The Balaban J connectivity index is 1.99. The Bertz CT molecular complexity index is 400. The van der Waals surface area contributed by atoms with E-state index in [1.807, 2.05) is 0 Å². The lowest BCUT2D eigenvalue weighted by Crippen LogP contribution is -2.66. The van der Waals surface area contributed by atoms with Crippen LogP contribution in [0.4, 0.5) is 0 Å². The van der Waals surface area contributed by atoms with Crippen LogP contribution in [-0.2, 0) is 14.4 Å². The summed E-state index contributed by atoms with van der Waals surface area (Å²) in [7, 11) is 0. The van der Waals surface area contributed by atoms with Gasteiger partial charge in [0.1, 0.15) is 6.04 Å². The van der Waals surface area contributed by atoms with Crippen LogP contribution in [0.25, 0.3) is 0 Å². The van der Waals surface area contributed by atoms with Gasteiger partial charge in [0.05, 0.1) is 5.41 Å². The normalized spacial score (nSPS) is 22.9. The molecule has 1 amide bonds. The Labute approximate surface area is 111 Å². The minimum absolute atomic E-state index is 0.0213. The van der Waals surface area contributed by atoms with Gasteiger partial charge in [-0.25, -0.2) is 4.79 Å². The molecule has 0 bridgehead atoms. The van der Waals surface area contributed by atoms with Gasteiger partial charge >= 0.3 is 11.9 Å². The Kier molecular flexibility index (Phi) is 3.78. The molecule has 2 N–H and O–H groups in total. The van der Waals surface area contributed by atoms with E-state index in [-0.39, 0.29) is 24.2 Å². The molecule has 2 fully saturated rings. The molecule has 2 aliphatic rings. The number of rotatable bonds is 5. The van der Waals surface area contributed by atoms with E-state index >= 15 is 0 Å². The maximum atomic E-state index is 12.2. The van der Waals surface area contributed by atoms with Gasteiger partial charge in [-0.2, -0.15) is 0 Å². The maximum Gasteiger partial charge on any atom is 0.326 e. The number of likely N-dealkylation sites (tertiary alicyclic amines) is 1. The first-order valence-corrected chi connectivity index (χ1v) is 6.72. The summed E-state index contributed by atoms with van der Waals surface area (Å²) >= 11 is 0. The second-order valence-corrected chi connectivity index (χ2v) is 5.56. The van der Waals surface area contributed by atoms with Gasteiger partial charge < -0.3 is 15.1 Å². The molecule has 1 spiro atoms. The lowest BCUT2D eigenvalue weighted by atomic mass is 9.67. The van der Waals surface area contributed by atoms with Crippen LogP contribution in [-0.4, -0.2) is 45.5 Å². The highest BCUT2D eigenvalue weighted by molar-refractivity contribution is 5.93. The van der Waals surface area contributed by atoms with Crippen molar-refractivity contribution in [2.75, 3.05) is 6.54 Å². The van der Waals surface area contributed by atoms with Crippen LogP contribution in [0.5, 0.6) is 0 Å². The largest absolute Gasteiger partial charge is 0.481 e. The van der Waals surface area contributed by atoms with Gasteiger partial charge in [0.2, 0.25) is 5.91 Å². The highest BCUT2D eigenvalue weighted by Crippen LogP contribution is 2.46. The number of carboxylic acids is 2. The van der Waals surface area contributed by atoms with Crippen LogP contribution in [0.3, 0.4) is 0 Å². The summed E-state index contributed by atoms with van der Waals surface area (Å²) in [6.07, 6.45) is 4.61. The third kappa shape index (κ3) is 2.57. The molecule has 0 aromatic heterocycles. The summed E-state index contributed by atoms with van der Waals surface area (Å²) in [5.41, 5.74) is -0.338. The topological polar surface area (TPSA) is 94.9 Å². The van der Waals surface area contributed by atoms with Crippen LogP contribution < -0.4 is 0 Å². The SMILES string of the molecule is O=C(O)CC[C@@H](C(=O)O)N1CC2(CCCCC2)C1=O. The van der Waals surface area contributed by atoms with E-state index in [0.29, 0.717) is 6.54 Å². The van der Waals surface area contributed by atoms with Crippen LogP contribution in [0.2, 0.25) is 0 Å². The molecule has 0 aromatic rings. The Morgan fingerprint density at radius 3 is 2.32 bits per heavy atom. The monoisotopic (exact) mass is 269 g/mol. The number of hydrogen-bond acceptors (Lipinski definition) is 3. The molecule has 1 saturated heterocycles. The van der Waals surface area contributed by atoms with Crippen LogP contribution in [0.15, 0.2) is 0 Å². The van der Waals surface area contributed by atoms with Gasteiger partial charge in [-0.15, -0.1) is 0 Å². The van der Waals surface area contributed by atoms with E-state index in [1.165, 1.54) is 4.90 Å². The Hall–Kier alpha value is -1.59. The van der Waals surface area contributed by atoms with Crippen LogP contribution in [0, 0.1) is 5.41 Å². The third-order valence-corrected chi connectivity index (χ3v) is 4.29. The smallest absolute Gasteiger partial charge is 0.326 e. The molecule has 1 aliphatic carbocycles. The molecule has 0 radical (unpaired) electrons. The molecule has 6 heteroatoms. The van der Waals surface area contributed by atoms with Gasteiger partial charge in [0.25, 0.3) is 0 Å². The number of aliphatic carboxylic acids is 2. The fraction of sp³-hybridized carbons (Fsp3) is 0.769. The summed E-state index contributed by atoms with van der Waals surface area (Å²) in [5.74, 6) is -2.24. The molecule has 6 nitrogen and oxygen atoms in total. The number of amides is 1. The van der Waals surface area contributed by atoms with E-state index in [4.69, 9.17) is 10.2 Å². The van der Waals surface area contributed by atoms with E-state index in [0.717, 1.165) is 32.1 Å². The molecule has 106 valence electrons. The molecule has 2 rings (SSSR count). The van der Waals surface area contributed by atoms with Crippen molar-refractivity contribution in [2.24, 2.45) is 5.41 Å². The fourth-order valence-corrected chi connectivity index (χ4v) is 3.20. The van der Waals surface area contributed by atoms with Crippen molar-refractivity contribution in [3.8, 4) is 0 Å². The first kappa shape index (κ1) is 13.8. The predicted octanol–water partition coefficient (Wildman–Crippen LogP) is 1.10. The van der Waals surface area contributed by atoms with Crippen molar-refractivity contribution in [3.63, 3.8) is 0 Å². The van der Waals surface area contributed by atoms with Gasteiger partial charge in [-0.1, -0.05) is 19.3 Å². The number of carboxylic acid groups (broad SMARTS) is 2. The number of nitrogens with zero attached hydrogens (tertiary/aromatic N) is 1. The maximum absolute atomic E-state index is 12.2. The van der Waals surface area contributed by atoms with Crippen LogP contribution >= 0.6 is 0 Å². The molecule has 1 aliphatic heterocycles. The van der Waals surface area contributed by atoms with Crippen LogP contribution in [0.1, 0.15) is 44.9 Å². The number of hydrogen-bond donors (Lipinski definition) is 2. The molecule has 19 heavy (non-hydrogen) atoms. The zero-order chi connectivity index (χ0) is 14.0. The number of carbonyl (C=O) groups is 3. The van der Waals surface area contributed by atoms with Crippen molar-refractivity contribution in [1.29, 1.82) is 0 Å². The summed E-state index contributed by atoms with van der Waals surface area (Å²) in [5, 5.41) is 17.8. The average Bonchev–Trinajstić information content (AvgIpc) is 2.38. The van der Waals surface area contributed by atoms with Crippen molar-refractivity contribution in [1.82, 2.24) is 4.90 Å². The van der Waals surface area contributed by atoms with E-state index < -0.39 is 18.0 Å². The fourth-order valence-electron chi connectivity index (χ4n) is 3.20. The van der Waals surface area contributed by atoms with Gasteiger partial charge in [-0.3, -0.25) is 9.59 Å². The lowest BCUT2D eigenvalue weighted by molar-refractivity contribution is -0.175. The second-order valence-electron chi connectivity index (χ2n) is 5.56. The number of carbonyl (C=O) groups excluding carboxylic acids is 1. The molecule has 1 atom stereocenters. The van der Waals surface area contributed by atoms with Crippen molar-refractivity contribution in [2.45, 2.75) is 51.0 Å². The summed E-state index contributed by atoms with van der Waals surface area (Å²) in [6, 6.07) is -0.990. The predicted molar refractivity (Wildman–Crippen MR) is 65.5 cm³/mol. The molecule has 1 heterocycles. The van der Waals surface area contributed by atoms with E-state index in [9.17, 15) is 14.4 Å². The number of β-lactam (4-membered cyclic amide) rings is 1. The zero-order valence-electron chi connectivity index (χ0n) is 10.8. The standard InChI is InChI=1S/C13H19NO5/c15-10(16)5-4-9(11(17)18)14-8-13(12(14)19)6-2-1-3-7-13/h9H,1-8H2,(H,15,16)(H,17,18)/t9-/m0/s1. The van der Waals surface area contributed by atoms with Crippen molar-refractivity contribution >= 4 is 17.8 Å². The molecular formula is C13H19NO5. The summed E-state index contributed by atoms with van der Waals surface area (Å²) in [4.78, 5) is 35.3. The molecular weight excluding hydrogens is 250 g/mol. The molecule has 1 saturated carbocycles. The highest BCUT2D eigenvalue weighted by Gasteiger charge is 2.54. The third-order valence-electron chi connectivity index (χ3n) is 4.29. The van der Waals surface area contributed by atoms with Crippen molar-refractivity contribution < 1.29 is 24.6 Å². The van der Waals surface area contributed by atoms with E-state index in [2.05, 4.69) is 0 Å². The highest BCUT2D eigenvalue weighted by atomic mass is 16.4. The minimum Gasteiger partial charge on any atom is -0.481 e. The second kappa shape index (κ2) is 5.19. The van der Waals surface area contributed by atoms with Gasteiger partial charge in [0.15, 0.2) is 0 Å².